The summed E-state index contributed by atoms with van der Waals surface area (Å²) < 4.78 is 5.20. The molecule has 110 valence electrons. The molecule has 4 nitrogen and oxygen atoms in total. The van der Waals surface area contributed by atoms with Crippen molar-refractivity contribution < 1.29 is 14.6 Å². The average Bonchev–Trinajstić information content (AvgIpc) is 2.50. The number of hydrogen-bond donors (Lipinski definition) is 2. The topological polar surface area (TPSA) is 72.5 Å². The first-order valence-electron chi connectivity index (χ1n) is 6.88. The summed E-state index contributed by atoms with van der Waals surface area (Å²) in [4.78, 5) is 11.9. The van der Waals surface area contributed by atoms with E-state index in [1.165, 1.54) is 23.8 Å². The lowest BCUT2D eigenvalue weighted by molar-refractivity contribution is 0.0491. The van der Waals surface area contributed by atoms with Crippen LogP contribution in [0.1, 0.15) is 35.2 Å². The van der Waals surface area contributed by atoms with Crippen molar-refractivity contribution in [3.8, 4) is 5.75 Å². The number of carbonyl (C=O) groups excluding carboxylic acids is 1. The second kappa shape index (κ2) is 6.79. The van der Waals surface area contributed by atoms with E-state index in [2.05, 4.69) is 19.1 Å². The minimum atomic E-state index is -0.555. The van der Waals surface area contributed by atoms with Crippen LogP contribution in [0.3, 0.4) is 0 Å². The summed E-state index contributed by atoms with van der Waals surface area (Å²) in [6, 6.07) is 14.4. The Morgan fingerprint density at radius 3 is 2.67 bits per heavy atom. The fourth-order valence-corrected chi connectivity index (χ4v) is 2.07. The maximum absolute atomic E-state index is 11.9. The highest BCUT2D eigenvalue weighted by Crippen LogP contribution is 2.22. The number of nitrogens with two attached hydrogens (primary N) is 1. The highest BCUT2D eigenvalue weighted by Gasteiger charge is 2.14. The van der Waals surface area contributed by atoms with Crippen LogP contribution in [0.25, 0.3) is 0 Å². The normalized spacial score (nSPS) is 11.9. The lowest BCUT2D eigenvalue weighted by Gasteiger charge is -2.12. The Morgan fingerprint density at radius 2 is 1.95 bits per heavy atom. The summed E-state index contributed by atoms with van der Waals surface area (Å²) in [7, 11) is 0. The van der Waals surface area contributed by atoms with E-state index in [0.717, 1.165) is 6.42 Å². The molecule has 2 aromatic carbocycles. The predicted molar refractivity (Wildman–Crippen MR) is 82.3 cm³/mol. The molecule has 0 aromatic heterocycles. The Morgan fingerprint density at radius 1 is 1.24 bits per heavy atom. The molecule has 0 aliphatic carbocycles. The monoisotopic (exact) mass is 285 g/mol. The fourth-order valence-electron chi connectivity index (χ4n) is 2.07. The Kier molecular flexibility index (Phi) is 4.82. The van der Waals surface area contributed by atoms with Gasteiger partial charge >= 0.3 is 5.97 Å². The van der Waals surface area contributed by atoms with E-state index in [1.54, 1.807) is 0 Å². The third-order valence-corrected chi connectivity index (χ3v) is 3.39. The molecular formula is C17H19NO3. The summed E-state index contributed by atoms with van der Waals surface area (Å²) >= 11 is 0. The van der Waals surface area contributed by atoms with Gasteiger partial charge in [0.2, 0.25) is 0 Å². The molecule has 0 bridgehead atoms. The van der Waals surface area contributed by atoms with Crippen molar-refractivity contribution in [1.82, 2.24) is 0 Å². The van der Waals surface area contributed by atoms with E-state index in [4.69, 9.17) is 10.5 Å². The summed E-state index contributed by atoms with van der Waals surface area (Å²) in [5.74, 6) is -0.376. The van der Waals surface area contributed by atoms with E-state index < -0.39 is 5.97 Å². The number of rotatable bonds is 5. The van der Waals surface area contributed by atoms with Gasteiger partial charge in [0.15, 0.2) is 0 Å². The number of benzene rings is 2. The van der Waals surface area contributed by atoms with Crippen LogP contribution in [0.4, 0.5) is 5.69 Å². The average molecular weight is 285 g/mol. The predicted octanol–water partition coefficient (Wildman–Crippen LogP) is 3.33. The molecule has 0 heterocycles. The van der Waals surface area contributed by atoms with Gasteiger partial charge in [0.25, 0.3) is 0 Å². The molecule has 0 aliphatic heterocycles. The second-order valence-electron chi connectivity index (χ2n) is 5.01. The molecule has 2 aromatic rings. The smallest absolute Gasteiger partial charge is 0.341 e. The molecule has 2 rings (SSSR count). The minimum Gasteiger partial charge on any atom is -0.507 e. The number of hydrogen-bond acceptors (Lipinski definition) is 4. The maximum Gasteiger partial charge on any atom is 0.341 e. The summed E-state index contributed by atoms with van der Waals surface area (Å²) in [5.41, 5.74) is 7.32. The van der Waals surface area contributed by atoms with Gasteiger partial charge in [0.05, 0.1) is 6.61 Å². The molecular weight excluding hydrogens is 266 g/mol. The number of esters is 1. The van der Waals surface area contributed by atoms with Crippen LogP contribution in [-0.4, -0.2) is 17.7 Å². The first kappa shape index (κ1) is 14.9. The van der Waals surface area contributed by atoms with Gasteiger partial charge in [-0.1, -0.05) is 37.3 Å². The van der Waals surface area contributed by atoms with Gasteiger partial charge in [0, 0.05) is 5.69 Å². The van der Waals surface area contributed by atoms with E-state index in [0.29, 0.717) is 18.2 Å². The number of phenols is 1. The van der Waals surface area contributed by atoms with Gasteiger partial charge in [-0.3, -0.25) is 0 Å². The van der Waals surface area contributed by atoms with Crippen LogP contribution in [0.2, 0.25) is 0 Å². The zero-order valence-corrected chi connectivity index (χ0v) is 12.0. The molecule has 0 fully saturated rings. The molecule has 0 saturated carbocycles. The molecule has 1 unspecified atom stereocenters. The van der Waals surface area contributed by atoms with Crippen LogP contribution < -0.4 is 5.73 Å². The molecule has 0 spiro atoms. The van der Waals surface area contributed by atoms with E-state index >= 15 is 0 Å². The maximum atomic E-state index is 11.9. The Labute approximate surface area is 124 Å². The second-order valence-corrected chi connectivity index (χ2v) is 5.01. The van der Waals surface area contributed by atoms with Crippen molar-refractivity contribution in [3.05, 3.63) is 59.7 Å². The number of nitrogen functional groups attached to an aromatic ring is 1. The number of aromatic hydroxyl groups is 1. The molecule has 0 aliphatic rings. The van der Waals surface area contributed by atoms with E-state index in [-0.39, 0.29) is 11.3 Å². The summed E-state index contributed by atoms with van der Waals surface area (Å²) in [5, 5.41) is 9.64. The van der Waals surface area contributed by atoms with Crippen molar-refractivity contribution in [2.75, 3.05) is 12.3 Å². The molecule has 0 radical (unpaired) electrons. The first-order chi connectivity index (χ1) is 10.1. The zero-order chi connectivity index (χ0) is 15.2. The van der Waals surface area contributed by atoms with Gasteiger partial charge in [0.1, 0.15) is 11.3 Å². The van der Waals surface area contributed by atoms with Crippen LogP contribution in [0.15, 0.2) is 48.5 Å². The third-order valence-electron chi connectivity index (χ3n) is 3.39. The molecule has 4 heteroatoms. The largest absolute Gasteiger partial charge is 0.507 e. The van der Waals surface area contributed by atoms with Crippen molar-refractivity contribution in [2.24, 2.45) is 0 Å². The van der Waals surface area contributed by atoms with Gasteiger partial charge in [-0.25, -0.2) is 4.79 Å². The number of phenolic OH excluding ortho intramolecular Hbond substituents is 1. The minimum absolute atomic E-state index is 0.0994. The van der Waals surface area contributed by atoms with Crippen LogP contribution in [-0.2, 0) is 4.74 Å². The SMILES string of the molecule is CC(CCOC(=O)c1cc(N)ccc1O)c1ccccc1. The lowest BCUT2D eigenvalue weighted by atomic mass is 9.98. The van der Waals surface area contributed by atoms with Gasteiger partial charge in [-0.2, -0.15) is 0 Å². The van der Waals surface area contributed by atoms with Gasteiger partial charge < -0.3 is 15.6 Å². The molecule has 3 N–H and O–H groups in total. The van der Waals surface area contributed by atoms with Crippen LogP contribution in [0.5, 0.6) is 5.75 Å². The molecule has 21 heavy (non-hydrogen) atoms. The standard InChI is InChI=1S/C17H19NO3/c1-12(13-5-3-2-4-6-13)9-10-21-17(20)15-11-14(18)7-8-16(15)19/h2-8,11-12,19H,9-10,18H2,1H3. The summed E-state index contributed by atoms with van der Waals surface area (Å²) in [6.07, 6.45) is 0.721. The highest BCUT2D eigenvalue weighted by molar-refractivity contribution is 5.93. The van der Waals surface area contributed by atoms with E-state index in [1.807, 2.05) is 18.2 Å². The van der Waals surface area contributed by atoms with Gasteiger partial charge in [-0.05, 0) is 36.1 Å². The van der Waals surface area contributed by atoms with Gasteiger partial charge in [-0.15, -0.1) is 0 Å². The van der Waals surface area contributed by atoms with Crippen LogP contribution >= 0.6 is 0 Å². The molecule has 0 saturated heterocycles. The Balaban J connectivity index is 1.88. The molecule has 1 atom stereocenters. The number of ether oxygens (including phenoxy) is 1. The molecule has 0 amide bonds. The quantitative estimate of drug-likeness (QED) is 0.502. The van der Waals surface area contributed by atoms with Crippen molar-refractivity contribution in [2.45, 2.75) is 19.3 Å². The van der Waals surface area contributed by atoms with Crippen molar-refractivity contribution in [3.63, 3.8) is 0 Å². The van der Waals surface area contributed by atoms with Crippen molar-refractivity contribution in [1.29, 1.82) is 0 Å². The summed E-state index contributed by atoms with van der Waals surface area (Å²) in [6.45, 7) is 2.38. The Bertz CT molecular complexity index is 611. The highest BCUT2D eigenvalue weighted by atomic mass is 16.5. The van der Waals surface area contributed by atoms with Crippen molar-refractivity contribution >= 4 is 11.7 Å². The Hall–Kier alpha value is -2.49. The zero-order valence-electron chi connectivity index (χ0n) is 12.0. The third kappa shape index (κ3) is 3.99. The lowest BCUT2D eigenvalue weighted by Crippen LogP contribution is -2.09. The first-order valence-corrected chi connectivity index (χ1v) is 6.88. The number of anilines is 1. The van der Waals surface area contributed by atoms with E-state index in [9.17, 15) is 9.90 Å². The number of carbonyl (C=O) groups is 1. The fraction of sp³-hybridized carbons (Fsp3) is 0.235. The van der Waals surface area contributed by atoms with Crippen LogP contribution in [0, 0.1) is 0 Å².